The summed E-state index contributed by atoms with van der Waals surface area (Å²) >= 11 is 0. The molecule has 0 saturated heterocycles. The van der Waals surface area contributed by atoms with Gasteiger partial charge in [0, 0.05) is 12.1 Å². The Hall–Kier alpha value is -3.26. The Bertz CT molecular complexity index is 870. The molecular formula is C18H17FN4O3. The lowest BCUT2D eigenvalue weighted by atomic mass is 10.2. The molecule has 2 aromatic carbocycles. The van der Waals surface area contributed by atoms with Crippen molar-refractivity contribution in [1.29, 1.82) is 0 Å². The third-order valence-electron chi connectivity index (χ3n) is 3.52. The van der Waals surface area contributed by atoms with E-state index in [-0.39, 0.29) is 24.9 Å². The first-order valence-corrected chi connectivity index (χ1v) is 7.91. The number of nitrogens with one attached hydrogen (secondary N) is 1. The summed E-state index contributed by atoms with van der Waals surface area (Å²) in [4.78, 5) is 15.9. The van der Waals surface area contributed by atoms with Gasteiger partial charge < -0.3 is 20.3 Å². The number of rotatable bonds is 6. The molecule has 1 heterocycles. The van der Waals surface area contributed by atoms with Gasteiger partial charge in [0.15, 0.2) is 0 Å². The summed E-state index contributed by atoms with van der Waals surface area (Å²) in [5.74, 6) is -0.0461. The Morgan fingerprint density at radius 2 is 2.04 bits per heavy atom. The number of halogens is 1. The van der Waals surface area contributed by atoms with Crippen LogP contribution in [0.25, 0.3) is 11.4 Å². The second-order valence-corrected chi connectivity index (χ2v) is 5.52. The second-order valence-electron chi connectivity index (χ2n) is 5.52. The van der Waals surface area contributed by atoms with Crippen LogP contribution in [0.15, 0.2) is 59.1 Å². The summed E-state index contributed by atoms with van der Waals surface area (Å²) in [6.45, 7) is 0.213. The molecular weight excluding hydrogens is 339 g/mol. The van der Waals surface area contributed by atoms with Crippen LogP contribution in [0, 0.1) is 5.82 Å². The molecule has 3 rings (SSSR count). The minimum atomic E-state index is -0.714. The zero-order chi connectivity index (χ0) is 18.4. The number of aromatic nitrogens is 2. The number of benzene rings is 2. The fourth-order valence-corrected chi connectivity index (χ4v) is 2.19. The zero-order valence-electron chi connectivity index (χ0n) is 13.8. The highest BCUT2D eigenvalue weighted by atomic mass is 19.1. The summed E-state index contributed by atoms with van der Waals surface area (Å²) in [5.41, 5.74) is 7.28. The van der Waals surface area contributed by atoms with Gasteiger partial charge in [-0.3, -0.25) is 0 Å². The molecule has 0 aliphatic carbocycles. The number of amides is 1. The van der Waals surface area contributed by atoms with Crippen LogP contribution in [0.2, 0.25) is 0 Å². The Morgan fingerprint density at radius 1 is 1.23 bits per heavy atom. The largest absolute Gasteiger partial charge is 0.445 e. The monoisotopic (exact) mass is 356 g/mol. The van der Waals surface area contributed by atoms with Gasteiger partial charge in [0.1, 0.15) is 18.5 Å². The van der Waals surface area contributed by atoms with Crippen molar-refractivity contribution in [3.63, 3.8) is 0 Å². The number of alkyl carbamates (subject to hydrolysis) is 1. The molecule has 0 saturated carbocycles. The average molecular weight is 356 g/mol. The quantitative estimate of drug-likeness (QED) is 0.704. The van der Waals surface area contributed by atoms with E-state index in [1.54, 1.807) is 12.1 Å². The fourth-order valence-electron chi connectivity index (χ4n) is 2.19. The van der Waals surface area contributed by atoms with Crippen molar-refractivity contribution in [3.05, 3.63) is 71.9 Å². The minimum Gasteiger partial charge on any atom is -0.445 e. The van der Waals surface area contributed by atoms with Crippen LogP contribution in [-0.4, -0.2) is 22.8 Å². The fraction of sp³-hybridized carbons (Fsp3) is 0.167. The van der Waals surface area contributed by atoms with Crippen molar-refractivity contribution in [2.45, 2.75) is 12.6 Å². The van der Waals surface area contributed by atoms with Crippen molar-refractivity contribution in [2.24, 2.45) is 5.73 Å². The number of hydrogen-bond acceptors (Lipinski definition) is 6. The van der Waals surface area contributed by atoms with Gasteiger partial charge in [0.2, 0.25) is 11.7 Å². The maximum absolute atomic E-state index is 13.3. The summed E-state index contributed by atoms with van der Waals surface area (Å²) in [7, 11) is 0. The van der Waals surface area contributed by atoms with Crippen molar-refractivity contribution < 1.29 is 18.4 Å². The second kappa shape index (κ2) is 8.21. The van der Waals surface area contributed by atoms with Crippen LogP contribution in [-0.2, 0) is 11.3 Å². The van der Waals surface area contributed by atoms with Gasteiger partial charge in [-0.05, 0) is 17.7 Å². The summed E-state index contributed by atoms with van der Waals surface area (Å²) in [6, 6.07) is 14.4. The first-order chi connectivity index (χ1) is 12.6. The molecule has 0 aliphatic heterocycles. The molecule has 1 atom stereocenters. The van der Waals surface area contributed by atoms with Gasteiger partial charge in [-0.25, -0.2) is 9.18 Å². The first-order valence-electron chi connectivity index (χ1n) is 7.91. The molecule has 8 heteroatoms. The number of ether oxygens (including phenoxy) is 1. The Labute approximate surface area is 149 Å². The van der Waals surface area contributed by atoms with E-state index in [1.165, 1.54) is 12.1 Å². The number of carbonyl (C=O) groups is 1. The van der Waals surface area contributed by atoms with E-state index >= 15 is 0 Å². The highest BCUT2D eigenvalue weighted by molar-refractivity contribution is 5.67. The van der Waals surface area contributed by atoms with Crippen molar-refractivity contribution in [2.75, 3.05) is 6.54 Å². The molecule has 0 aliphatic rings. The predicted molar refractivity (Wildman–Crippen MR) is 91.3 cm³/mol. The van der Waals surface area contributed by atoms with Crippen molar-refractivity contribution in [1.82, 2.24) is 15.5 Å². The molecule has 0 fully saturated rings. The topological polar surface area (TPSA) is 103 Å². The molecule has 0 radical (unpaired) electrons. The molecule has 134 valence electrons. The van der Waals surface area contributed by atoms with E-state index in [9.17, 15) is 9.18 Å². The van der Waals surface area contributed by atoms with Crippen LogP contribution in [0.4, 0.5) is 9.18 Å². The summed E-state index contributed by atoms with van der Waals surface area (Å²) < 4.78 is 23.4. The van der Waals surface area contributed by atoms with Crippen molar-refractivity contribution in [3.8, 4) is 11.4 Å². The molecule has 1 aromatic heterocycles. The maximum Gasteiger partial charge on any atom is 0.407 e. The van der Waals surface area contributed by atoms with Crippen LogP contribution in [0.1, 0.15) is 17.5 Å². The first kappa shape index (κ1) is 17.6. The molecule has 1 unspecified atom stereocenters. The molecule has 7 nitrogen and oxygen atoms in total. The smallest absolute Gasteiger partial charge is 0.407 e. The van der Waals surface area contributed by atoms with E-state index in [2.05, 4.69) is 15.5 Å². The average Bonchev–Trinajstić information content (AvgIpc) is 3.15. The van der Waals surface area contributed by atoms with Gasteiger partial charge in [0.25, 0.3) is 0 Å². The molecule has 0 bridgehead atoms. The number of carbonyl (C=O) groups excluding carboxylic acids is 1. The molecule has 1 amide bonds. The summed E-state index contributed by atoms with van der Waals surface area (Å²) in [5, 5.41) is 6.31. The highest BCUT2D eigenvalue weighted by Crippen LogP contribution is 2.18. The van der Waals surface area contributed by atoms with E-state index < -0.39 is 18.0 Å². The van der Waals surface area contributed by atoms with Gasteiger partial charge in [0.05, 0.1) is 0 Å². The molecule has 3 N–H and O–H groups in total. The van der Waals surface area contributed by atoms with Crippen molar-refractivity contribution >= 4 is 6.09 Å². The van der Waals surface area contributed by atoms with E-state index in [4.69, 9.17) is 15.0 Å². The van der Waals surface area contributed by atoms with E-state index in [1.807, 2.05) is 30.3 Å². The van der Waals surface area contributed by atoms with Crippen LogP contribution in [0.5, 0.6) is 0 Å². The van der Waals surface area contributed by atoms with Gasteiger partial charge in [-0.2, -0.15) is 4.98 Å². The summed E-state index contributed by atoms with van der Waals surface area (Å²) in [6.07, 6.45) is -0.603. The van der Waals surface area contributed by atoms with Gasteiger partial charge in [-0.15, -0.1) is 0 Å². The number of nitrogens with two attached hydrogens (primary N) is 1. The number of hydrogen-bond donors (Lipinski definition) is 2. The van der Waals surface area contributed by atoms with E-state index in [0.717, 1.165) is 5.56 Å². The molecule has 3 aromatic rings. The predicted octanol–water partition coefficient (Wildman–Crippen LogP) is 2.80. The van der Waals surface area contributed by atoms with Gasteiger partial charge >= 0.3 is 6.09 Å². The molecule has 0 spiro atoms. The Kier molecular flexibility index (Phi) is 5.55. The van der Waals surface area contributed by atoms with Crippen LogP contribution in [0.3, 0.4) is 0 Å². The SMILES string of the molecule is NC(CNC(=O)OCc1ccccc1)c1nc(-c2cccc(F)c2)no1. The zero-order valence-corrected chi connectivity index (χ0v) is 13.8. The highest BCUT2D eigenvalue weighted by Gasteiger charge is 2.17. The molecule has 26 heavy (non-hydrogen) atoms. The third-order valence-corrected chi connectivity index (χ3v) is 3.52. The Balaban J connectivity index is 1.50. The Morgan fingerprint density at radius 3 is 2.81 bits per heavy atom. The minimum absolute atomic E-state index is 0.0540. The number of nitrogens with zero attached hydrogens (tertiary/aromatic N) is 2. The third kappa shape index (κ3) is 4.64. The normalized spacial score (nSPS) is 11.8. The van der Waals surface area contributed by atoms with E-state index in [0.29, 0.717) is 5.56 Å². The van der Waals surface area contributed by atoms with Crippen LogP contribution >= 0.6 is 0 Å². The lowest BCUT2D eigenvalue weighted by Crippen LogP contribution is -2.32. The lowest BCUT2D eigenvalue weighted by Gasteiger charge is -2.09. The lowest BCUT2D eigenvalue weighted by molar-refractivity contribution is 0.138. The standard InChI is InChI=1S/C18H17FN4O3/c19-14-8-4-7-13(9-14)16-22-17(26-23-16)15(20)10-21-18(24)25-11-12-5-2-1-3-6-12/h1-9,15H,10-11,20H2,(H,21,24). The van der Waals surface area contributed by atoms with Crippen LogP contribution < -0.4 is 11.1 Å². The van der Waals surface area contributed by atoms with Gasteiger partial charge in [-0.1, -0.05) is 47.6 Å². The maximum atomic E-state index is 13.3.